The molecule has 0 aromatic carbocycles. The second kappa shape index (κ2) is 7.11. The number of aliphatic hydroxyl groups is 2. The average Bonchev–Trinajstić information content (AvgIpc) is 2.28. The molecule has 0 bridgehead atoms. The summed E-state index contributed by atoms with van der Waals surface area (Å²) in [4.78, 5) is 0. The summed E-state index contributed by atoms with van der Waals surface area (Å²) in [5.74, 6) is 0. The van der Waals surface area contributed by atoms with Crippen molar-refractivity contribution in [3.8, 4) is 0 Å². The number of hydrogen-bond acceptors (Lipinski definition) is 4. The number of halogens is 2. The molecular weight excluding hydrogens is 218 g/mol. The normalized spacial score (nSPS) is 39.8. The third-order valence-electron chi connectivity index (χ3n) is 2.75. The van der Waals surface area contributed by atoms with Gasteiger partial charge in [0.15, 0.2) is 0 Å². The Balaban J connectivity index is 0.000000160. The minimum absolute atomic E-state index is 0.307. The lowest BCUT2D eigenvalue weighted by molar-refractivity contribution is 0.0531. The molecular formula is C10H20F2N2O2. The lowest BCUT2D eigenvalue weighted by atomic mass is 10.1. The first-order chi connectivity index (χ1) is 7.61. The summed E-state index contributed by atoms with van der Waals surface area (Å²) < 4.78 is 24.5. The van der Waals surface area contributed by atoms with Crippen molar-refractivity contribution in [3.05, 3.63) is 0 Å². The van der Waals surface area contributed by atoms with Gasteiger partial charge in [-0.1, -0.05) is 0 Å². The van der Waals surface area contributed by atoms with Crippen molar-refractivity contribution < 1.29 is 19.0 Å². The van der Waals surface area contributed by atoms with Gasteiger partial charge in [0.25, 0.3) is 0 Å². The summed E-state index contributed by atoms with van der Waals surface area (Å²) >= 11 is 0. The number of piperidine rings is 2. The Kier molecular flexibility index (Phi) is 6.12. The Morgan fingerprint density at radius 1 is 0.812 bits per heavy atom. The smallest absolute Gasteiger partial charge is 0.138 e. The molecule has 0 aromatic rings. The fraction of sp³-hybridized carbons (Fsp3) is 1.00. The Morgan fingerprint density at radius 3 is 1.38 bits per heavy atom. The predicted molar refractivity (Wildman–Crippen MR) is 56.8 cm³/mol. The van der Waals surface area contributed by atoms with E-state index in [1.165, 1.54) is 0 Å². The zero-order valence-corrected chi connectivity index (χ0v) is 9.20. The third kappa shape index (κ3) is 4.69. The molecule has 6 heteroatoms. The standard InChI is InChI=1S/2C5H10FNO/c2*6-4-3-7-2-1-5(4)8/h2*4-5,7-8H,1-3H2/t2*4-,5+/m10/s1. The molecule has 0 aliphatic carbocycles. The molecule has 2 saturated heterocycles. The van der Waals surface area contributed by atoms with E-state index in [0.717, 1.165) is 13.1 Å². The molecule has 2 aliphatic heterocycles. The van der Waals surface area contributed by atoms with Gasteiger partial charge in [0.1, 0.15) is 12.3 Å². The monoisotopic (exact) mass is 238 g/mol. The summed E-state index contributed by atoms with van der Waals surface area (Å²) in [6.45, 7) is 2.09. The number of nitrogens with one attached hydrogen (secondary N) is 2. The molecule has 0 unspecified atom stereocenters. The third-order valence-corrected chi connectivity index (χ3v) is 2.75. The summed E-state index contributed by atoms with van der Waals surface area (Å²) in [6, 6.07) is 0. The van der Waals surface area contributed by atoms with Crippen LogP contribution in [0.3, 0.4) is 0 Å². The molecule has 96 valence electrons. The number of rotatable bonds is 0. The van der Waals surface area contributed by atoms with Crippen LogP contribution in [0.1, 0.15) is 12.8 Å². The molecule has 4 N–H and O–H groups in total. The highest BCUT2D eigenvalue weighted by molar-refractivity contribution is 4.76. The molecule has 4 nitrogen and oxygen atoms in total. The van der Waals surface area contributed by atoms with Gasteiger partial charge in [0.2, 0.25) is 0 Å². The van der Waals surface area contributed by atoms with E-state index < -0.39 is 24.6 Å². The van der Waals surface area contributed by atoms with Gasteiger partial charge in [-0.15, -0.1) is 0 Å². The summed E-state index contributed by atoms with van der Waals surface area (Å²) in [7, 11) is 0. The van der Waals surface area contributed by atoms with E-state index in [-0.39, 0.29) is 0 Å². The Morgan fingerprint density at radius 2 is 1.19 bits per heavy atom. The maximum Gasteiger partial charge on any atom is 0.138 e. The molecule has 2 heterocycles. The van der Waals surface area contributed by atoms with Gasteiger partial charge in [-0.25, -0.2) is 8.78 Å². The molecule has 0 amide bonds. The van der Waals surface area contributed by atoms with E-state index in [1.54, 1.807) is 0 Å². The van der Waals surface area contributed by atoms with Crippen molar-refractivity contribution in [3.63, 3.8) is 0 Å². The summed E-state index contributed by atoms with van der Waals surface area (Å²) in [5, 5.41) is 23.2. The Bertz CT molecular complexity index is 158. The second-order valence-corrected chi connectivity index (χ2v) is 4.15. The van der Waals surface area contributed by atoms with Gasteiger partial charge in [0, 0.05) is 13.1 Å². The maximum atomic E-state index is 12.3. The highest BCUT2D eigenvalue weighted by atomic mass is 19.1. The SMILES string of the molecule is O[C@@H]1CCNC[C@@H]1F.O[C@H]1CCNC[C@H]1F. The largest absolute Gasteiger partial charge is 0.390 e. The van der Waals surface area contributed by atoms with Crippen molar-refractivity contribution in [1.29, 1.82) is 0 Å². The van der Waals surface area contributed by atoms with Crippen LogP contribution in [0.25, 0.3) is 0 Å². The van der Waals surface area contributed by atoms with Crippen molar-refractivity contribution >= 4 is 0 Å². The average molecular weight is 238 g/mol. The molecule has 0 saturated carbocycles. The van der Waals surface area contributed by atoms with Crippen LogP contribution in [0.15, 0.2) is 0 Å². The van der Waals surface area contributed by atoms with Gasteiger partial charge >= 0.3 is 0 Å². The van der Waals surface area contributed by atoms with Crippen LogP contribution in [0.5, 0.6) is 0 Å². The Labute approximate surface area is 94.0 Å². The molecule has 2 aliphatic rings. The van der Waals surface area contributed by atoms with Crippen LogP contribution >= 0.6 is 0 Å². The first kappa shape index (κ1) is 13.8. The number of alkyl halides is 2. The fourth-order valence-electron chi connectivity index (χ4n) is 1.61. The summed E-state index contributed by atoms with van der Waals surface area (Å²) in [6.07, 6.45) is -2.47. The van der Waals surface area contributed by atoms with Crippen molar-refractivity contribution in [2.24, 2.45) is 0 Å². The molecule has 2 rings (SSSR count). The zero-order chi connectivity index (χ0) is 12.0. The van der Waals surface area contributed by atoms with E-state index in [4.69, 9.17) is 10.2 Å². The fourth-order valence-corrected chi connectivity index (χ4v) is 1.61. The van der Waals surface area contributed by atoms with E-state index in [1.807, 2.05) is 0 Å². The lowest BCUT2D eigenvalue weighted by Gasteiger charge is -2.21. The van der Waals surface area contributed by atoms with Gasteiger partial charge in [0.05, 0.1) is 12.2 Å². The lowest BCUT2D eigenvalue weighted by Crippen LogP contribution is -2.41. The highest BCUT2D eigenvalue weighted by Gasteiger charge is 2.21. The van der Waals surface area contributed by atoms with E-state index in [9.17, 15) is 8.78 Å². The van der Waals surface area contributed by atoms with Gasteiger partial charge in [-0.3, -0.25) is 0 Å². The maximum absolute atomic E-state index is 12.3. The van der Waals surface area contributed by atoms with Crippen LogP contribution < -0.4 is 10.6 Å². The number of aliphatic hydroxyl groups excluding tert-OH is 2. The van der Waals surface area contributed by atoms with Gasteiger partial charge < -0.3 is 20.8 Å². The first-order valence-electron chi connectivity index (χ1n) is 5.67. The van der Waals surface area contributed by atoms with Gasteiger partial charge in [-0.05, 0) is 25.9 Å². The van der Waals surface area contributed by atoms with E-state index >= 15 is 0 Å². The van der Waals surface area contributed by atoms with E-state index in [0.29, 0.717) is 25.9 Å². The Hall–Kier alpha value is -0.300. The highest BCUT2D eigenvalue weighted by Crippen LogP contribution is 2.06. The van der Waals surface area contributed by atoms with Crippen molar-refractivity contribution in [1.82, 2.24) is 10.6 Å². The molecule has 0 aromatic heterocycles. The van der Waals surface area contributed by atoms with Crippen LogP contribution in [0.2, 0.25) is 0 Å². The van der Waals surface area contributed by atoms with Crippen LogP contribution in [0.4, 0.5) is 8.78 Å². The first-order valence-corrected chi connectivity index (χ1v) is 5.67. The molecule has 16 heavy (non-hydrogen) atoms. The van der Waals surface area contributed by atoms with Crippen LogP contribution in [-0.4, -0.2) is 60.9 Å². The van der Waals surface area contributed by atoms with E-state index in [2.05, 4.69) is 10.6 Å². The van der Waals surface area contributed by atoms with Crippen molar-refractivity contribution in [2.45, 2.75) is 37.4 Å². The second-order valence-electron chi connectivity index (χ2n) is 4.15. The minimum atomic E-state index is -1.05. The van der Waals surface area contributed by atoms with Crippen LogP contribution in [0, 0.1) is 0 Å². The molecule has 0 spiro atoms. The molecule has 2 fully saturated rings. The van der Waals surface area contributed by atoms with Gasteiger partial charge in [-0.2, -0.15) is 0 Å². The number of hydrogen-bond donors (Lipinski definition) is 4. The quantitative estimate of drug-likeness (QED) is 0.453. The molecule has 0 radical (unpaired) electrons. The zero-order valence-electron chi connectivity index (χ0n) is 9.20. The van der Waals surface area contributed by atoms with Crippen LogP contribution in [-0.2, 0) is 0 Å². The molecule has 4 atom stereocenters. The minimum Gasteiger partial charge on any atom is -0.390 e. The van der Waals surface area contributed by atoms with Crippen molar-refractivity contribution in [2.75, 3.05) is 26.2 Å². The summed E-state index contributed by atoms with van der Waals surface area (Å²) in [5.41, 5.74) is 0. The topological polar surface area (TPSA) is 64.5 Å². The predicted octanol–water partition coefficient (Wildman–Crippen LogP) is -0.643.